The quantitative estimate of drug-likeness (QED) is 0.877. The zero-order chi connectivity index (χ0) is 14.8. The van der Waals surface area contributed by atoms with Gasteiger partial charge >= 0.3 is 0 Å². The molecule has 1 aromatic rings. The van der Waals surface area contributed by atoms with Crippen molar-refractivity contribution >= 4 is 21.4 Å². The molecule has 4 nitrogen and oxygen atoms in total. The van der Waals surface area contributed by atoms with Crippen LogP contribution in [0.15, 0.2) is 16.3 Å². The molecule has 0 amide bonds. The fourth-order valence-corrected chi connectivity index (χ4v) is 5.25. The molecule has 2 N–H and O–H groups in total. The van der Waals surface area contributed by atoms with E-state index in [1.807, 2.05) is 13.0 Å². The van der Waals surface area contributed by atoms with Crippen molar-refractivity contribution < 1.29 is 13.5 Å². The summed E-state index contributed by atoms with van der Waals surface area (Å²) in [5, 5.41) is 10.5. The molecular weight excluding hydrogens is 294 g/mol. The lowest BCUT2D eigenvalue weighted by Gasteiger charge is -2.35. The Morgan fingerprint density at radius 1 is 1.50 bits per heavy atom. The predicted molar refractivity (Wildman–Crippen MR) is 81.5 cm³/mol. The van der Waals surface area contributed by atoms with Gasteiger partial charge in [0.1, 0.15) is 4.21 Å². The first-order valence-electron chi connectivity index (χ1n) is 7.15. The Labute approximate surface area is 125 Å². The van der Waals surface area contributed by atoms with Crippen LogP contribution < -0.4 is 4.72 Å². The summed E-state index contributed by atoms with van der Waals surface area (Å²) in [5.41, 5.74) is -0.893. The van der Waals surface area contributed by atoms with E-state index in [-0.39, 0.29) is 6.54 Å². The van der Waals surface area contributed by atoms with Gasteiger partial charge in [-0.3, -0.25) is 0 Å². The summed E-state index contributed by atoms with van der Waals surface area (Å²) in [6.45, 7) is 4.21. The van der Waals surface area contributed by atoms with Crippen LogP contribution in [0.5, 0.6) is 0 Å². The second-order valence-corrected chi connectivity index (χ2v) is 8.99. The van der Waals surface area contributed by atoms with Crippen molar-refractivity contribution in [3.05, 3.63) is 17.0 Å². The molecule has 1 aliphatic rings. The van der Waals surface area contributed by atoms with E-state index in [2.05, 4.69) is 11.6 Å². The lowest BCUT2D eigenvalue weighted by atomic mass is 9.79. The molecule has 0 bridgehead atoms. The first kappa shape index (κ1) is 15.9. The molecule has 20 heavy (non-hydrogen) atoms. The molecule has 1 saturated carbocycles. The van der Waals surface area contributed by atoms with Gasteiger partial charge in [0, 0.05) is 11.4 Å². The molecule has 114 valence electrons. The fraction of sp³-hybridized carbons (Fsp3) is 0.714. The van der Waals surface area contributed by atoms with Gasteiger partial charge < -0.3 is 5.11 Å². The Morgan fingerprint density at radius 3 is 2.85 bits per heavy atom. The summed E-state index contributed by atoms with van der Waals surface area (Å²) in [6, 6.07) is 3.48. The number of aryl methyl sites for hydroxylation is 1. The van der Waals surface area contributed by atoms with Gasteiger partial charge in [-0.1, -0.05) is 26.7 Å². The Hall–Kier alpha value is -0.430. The average Bonchev–Trinajstić information content (AvgIpc) is 2.86. The van der Waals surface area contributed by atoms with Crippen LogP contribution in [0, 0.1) is 5.92 Å². The monoisotopic (exact) mass is 317 g/mol. The zero-order valence-corrected chi connectivity index (χ0v) is 13.7. The summed E-state index contributed by atoms with van der Waals surface area (Å²) in [4.78, 5) is 1.05. The number of nitrogens with one attached hydrogen (secondary N) is 1. The number of sulfonamides is 1. The van der Waals surface area contributed by atoms with Crippen LogP contribution in [0.1, 0.15) is 44.4 Å². The fourth-order valence-electron chi connectivity index (χ4n) is 2.79. The summed E-state index contributed by atoms with van der Waals surface area (Å²) in [6.07, 6.45) is 4.24. The number of hydrogen-bond donors (Lipinski definition) is 2. The standard InChI is InChI=1S/C14H23NO3S2/c1-3-12-6-7-13(19-12)20(17,18)15-10-14(16)8-4-5-11(2)9-14/h6-7,11,15-16H,3-5,8-10H2,1-2H3. The van der Waals surface area contributed by atoms with Crippen LogP contribution >= 0.6 is 11.3 Å². The van der Waals surface area contributed by atoms with Crippen LogP contribution in [-0.2, 0) is 16.4 Å². The average molecular weight is 317 g/mol. The maximum absolute atomic E-state index is 12.2. The molecule has 6 heteroatoms. The highest BCUT2D eigenvalue weighted by atomic mass is 32.2. The van der Waals surface area contributed by atoms with Crippen molar-refractivity contribution in [2.45, 2.75) is 55.8 Å². The highest BCUT2D eigenvalue weighted by molar-refractivity contribution is 7.91. The Bertz CT molecular complexity index is 553. The minimum absolute atomic E-state index is 0.110. The Morgan fingerprint density at radius 2 is 2.25 bits per heavy atom. The van der Waals surface area contributed by atoms with Gasteiger partial charge in [0.15, 0.2) is 0 Å². The smallest absolute Gasteiger partial charge is 0.250 e. The first-order valence-corrected chi connectivity index (χ1v) is 9.45. The number of rotatable bonds is 5. The highest BCUT2D eigenvalue weighted by Gasteiger charge is 2.34. The van der Waals surface area contributed by atoms with E-state index < -0.39 is 15.6 Å². The third-order valence-corrected chi connectivity index (χ3v) is 7.03. The molecule has 0 aromatic carbocycles. The maximum Gasteiger partial charge on any atom is 0.250 e. The van der Waals surface area contributed by atoms with Crippen molar-refractivity contribution in [3.63, 3.8) is 0 Å². The molecule has 1 heterocycles. The van der Waals surface area contributed by atoms with Gasteiger partial charge in [-0.15, -0.1) is 11.3 Å². The number of thiophene rings is 1. The van der Waals surface area contributed by atoms with Crippen molar-refractivity contribution in [1.82, 2.24) is 4.72 Å². The second kappa shape index (κ2) is 6.13. The third kappa shape index (κ3) is 3.81. The van der Waals surface area contributed by atoms with E-state index >= 15 is 0 Å². The second-order valence-electron chi connectivity index (χ2n) is 5.82. The van der Waals surface area contributed by atoms with Crippen molar-refractivity contribution in [2.75, 3.05) is 6.54 Å². The molecule has 1 aromatic heterocycles. The molecule has 0 saturated heterocycles. The van der Waals surface area contributed by atoms with Gasteiger partial charge in [-0.2, -0.15) is 0 Å². The molecule has 0 radical (unpaired) electrons. The zero-order valence-electron chi connectivity index (χ0n) is 12.1. The third-order valence-electron chi connectivity index (χ3n) is 3.91. The largest absolute Gasteiger partial charge is 0.389 e. The first-order chi connectivity index (χ1) is 9.35. The Balaban J connectivity index is 2.01. The summed E-state index contributed by atoms with van der Waals surface area (Å²) in [7, 11) is -3.50. The number of hydrogen-bond acceptors (Lipinski definition) is 4. The molecule has 1 fully saturated rings. The van der Waals surface area contributed by atoms with Crippen molar-refractivity contribution in [3.8, 4) is 0 Å². The van der Waals surface area contributed by atoms with Gasteiger partial charge in [-0.25, -0.2) is 13.1 Å². The van der Waals surface area contributed by atoms with Crippen LogP contribution in [0.25, 0.3) is 0 Å². The van der Waals surface area contributed by atoms with E-state index in [4.69, 9.17) is 0 Å². The van der Waals surface area contributed by atoms with E-state index in [9.17, 15) is 13.5 Å². The van der Waals surface area contributed by atoms with E-state index in [1.54, 1.807) is 6.07 Å². The van der Waals surface area contributed by atoms with Crippen LogP contribution in [0.3, 0.4) is 0 Å². The van der Waals surface area contributed by atoms with E-state index in [0.717, 1.165) is 24.1 Å². The minimum Gasteiger partial charge on any atom is -0.389 e. The molecule has 0 aliphatic heterocycles. The lowest BCUT2D eigenvalue weighted by molar-refractivity contribution is -0.00750. The van der Waals surface area contributed by atoms with Crippen LogP contribution in [-0.4, -0.2) is 25.7 Å². The number of aliphatic hydroxyl groups is 1. The SMILES string of the molecule is CCc1ccc(S(=O)(=O)NCC2(O)CCCC(C)C2)s1. The predicted octanol–water partition coefficient (Wildman–Crippen LogP) is 2.53. The van der Waals surface area contributed by atoms with Gasteiger partial charge in [0.2, 0.25) is 10.0 Å². The van der Waals surface area contributed by atoms with Crippen LogP contribution in [0.2, 0.25) is 0 Å². The summed E-state index contributed by atoms with van der Waals surface area (Å²) in [5.74, 6) is 0.451. The molecular formula is C14H23NO3S2. The summed E-state index contributed by atoms with van der Waals surface area (Å²) >= 11 is 1.29. The van der Waals surface area contributed by atoms with Crippen LogP contribution in [0.4, 0.5) is 0 Å². The minimum atomic E-state index is -3.50. The molecule has 0 spiro atoms. The topological polar surface area (TPSA) is 66.4 Å². The van der Waals surface area contributed by atoms with Crippen molar-refractivity contribution in [2.24, 2.45) is 5.92 Å². The maximum atomic E-state index is 12.2. The molecule has 1 aliphatic carbocycles. The normalized spacial score (nSPS) is 27.6. The van der Waals surface area contributed by atoms with Gasteiger partial charge in [0.05, 0.1) is 5.60 Å². The van der Waals surface area contributed by atoms with Gasteiger partial charge in [0.25, 0.3) is 0 Å². The molecule has 2 atom stereocenters. The summed E-state index contributed by atoms with van der Waals surface area (Å²) < 4.78 is 27.3. The molecule has 2 rings (SSSR count). The van der Waals surface area contributed by atoms with Crippen molar-refractivity contribution in [1.29, 1.82) is 0 Å². The highest BCUT2D eigenvalue weighted by Crippen LogP contribution is 2.32. The lowest BCUT2D eigenvalue weighted by Crippen LogP contribution is -2.45. The Kier molecular flexibility index (Phi) is 4.89. The van der Waals surface area contributed by atoms with E-state index in [1.165, 1.54) is 11.3 Å². The molecule has 2 unspecified atom stereocenters. The van der Waals surface area contributed by atoms with Gasteiger partial charge in [-0.05, 0) is 37.3 Å². The van der Waals surface area contributed by atoms with E-state index in [0.29, 0.717) is 23.0 Å².